The van der Waals surface area contributed by atoms with E-state index in [2.05, 4.69) is 16.9 Å². The Morgan fingerprint density at radius 3 is 2.52 bits per heavy atom. The molecule has 1 aliphatic heterocycles. The topological polar surface area (TPSA) is 56.4 Å². The van der Waals surface area contributed by atoms with Gasteiger partial charge in [-0.05, 0) is 67.7 Å². The Morgan fingerprint density at radius 1 is 1.14 bits per heavy atom. The first-order valence-electron chi connectivity index (χ1n) is 9.63. The van der Waals surface area contributed by atoms with Gasteiger partial charge in [0.2, 0.25) is 0 Å². The number of aryl methyl sites for hydroxylation is 1. The summed E-state index contributed by atoms with van der Waals surface area (Å²) in [6, 6.07) is 15.5. The lowest BCUT2D eigenvalue weighted by atomic mass is 10.0. The largest absolute Gasteiger partial charge is 0.337 e. The van der Waals surface area contributed by atoms with Gasteiger partial charge in [0.1, 0.15) is 0 Å². The van der Waals surface area contributed by atoms with Gasteiger partial charge >= 0.3 is 0 Å². The van der Waals surface area contributed by atoms with Crippen molar-refractivity contribution in [2.45, 2.75) is 26.8 Å². The smallest absolute Gasteiger partial charge is 0.256 e. The van der Waals surface area contributed by atoms with E-state index in [0.29, 0.717) is 10.9 Å². The number of carbonyl (C=O) groups excluding carboxylic acids is 1. The number of aromatic amines is 1. The third kappa shape index (κ3) is 3.96. The first-order valence-corrected chi connectivity index (χ1v) is 9.63. The van der Waals surface area contributed by atoms with Gasteiger partial charge < -0.3 is 14.8 Å². The second-order valence-electron chi connectivity index (χ2n) is 7.75. The molecule has 5 nitrogen and oxygen atoms in total. The van der Waals surface area contributed by atoms with Gasteiger partial charge in [0.25, 0.3) is 11.5 Å². The summed E-state index contributed by atoms with van der Waals surface area (Å²) in [6.07, 6.45) is 1.01. The summed E-state index contributed by atoms with van der Waals surface area (Å²) in [5.74, 6) is 0.0368. The van der Waals surface area contributed by atoms with Crippen LogP contribution in [0.4, 0.5) is 0 Å². The SMILES string of the molecule is C.Cc1cccc2c(=O)[nH]c(-c3ccc(C(=O)N(C)C4CCN(C)C4)cc3)cc12. The average molecular weight is 392 g/mol. The number of rotatable bonds is 3. The Kier molecular flexibility index (Phi) is 5.89. The van der Waals surface area contributed by atoms with E-state index in [1.807, 2.05) is 67.4 Å². The molecule has 0 saturated carbocycles. The molecule has 29 heavy (non-hydrogen) atoms. The number of nitrogens with one attached hydrogen (secondary N) is 1. The van der Waals surface area contributed by atoms with E-state index in [4.69, 9.17) is 0 Å². The fraction of sp³-hybridized carbons (Fsp3) is 0.333. The molecule has 1 fully saturated rings. The molecule has 1 N–H and O–H groups in total. The average Bonchev–Trinajstić information content (AvgIpc) is 3.14. The number of hydrogen-bond acceptors (Lipinski definition) is 3. The van der Waals surface area contributed by atoms with Gasteiger partial charge in [-0.1, -0.05) is 31.7 Å². The summed E-state index contributed by atoms with van der Waals surface area (Å²) < 4.78 is 0. The minimum absolute atomic E-state index is 0. The van der Waals surface area contributed by atoms with Crippen LogP contribution in [0.2, 0.25) is 0 Å². The fourth-order valence-electron chi connectivity index (χ4n) is 3.99. The molecular weight excluding hydrogens is 362 g/mol. The zero-order valence-electron chi connectivity index (χ0n) is 16.5. The lowest BCUT2D eigenvalue weighted by Gasteiger charge is -2.24. The number of likely N-dealkylation sites (N-methyl/N-ethyl adjacent to an activating group) is 2. The number of pyridine rings is 1. The third-order valence-corrected chi connectivity index (χ3v) is 5.78. The molecule has 152 valence electrons. The second kappa shape index (κ2) is 8.21. The number of likely N-dealkylation sites (tertiary alicyclic amines) is 1. The van der Waals surface area contributed by atoms with E-state index >= 15 is 0 Å². The van der Waals surface area contributed by atoms with Gasteiger partial charge in [-0.15, -0.1) is 0 Å². The number of amides is 1. The molecule has 0 bridgehead atoms. The Bertz CT molecular complexity index is 1090. The number of hydrogen-bond donors (Lipinski definition) is 1. The highest BCUT2D eigenvalue weighted by atomic mass is 16.2. The molecule has 1 saturated heterocycles. The summed E-state index contributed by atoms with van der Waals surface area (Å²) in [5.41, 5.74) is 3.29. The van der Waals surface area contributed by atoms with Crippen LogP contribution >= 0.6 is 0 Å². The number of carbonyl (C=O) groups is 1. The minimum atomic E-state index is -0.0959. The van der Waals surface area contributed by atoms with E-state index in [0.717, 1.165) is 41.7 Å². The van der Waals surface area contributed by atoms with Crippen LogP contribution in [-0.2, 0) is 0 Å². The first kappa shape index (κ1) is 20.8. The Labute approximate surface area is 172 Å². The zero-order chi connectivity index (χ0) is 19.8. The Morgan fingerprint density at radius 2 is 1.86 bits per heavy atom. The molecule has 0 spiro atoms. The van der Waals surface area contributed by atoms with Gasteiger partial charge in [0.15, 0.2) is 0 Å². The van der Waals surface area contributed by atoms with E-state index in [1.54, 1.807) is 0 Å². The molecule has 1 atom stereocenters. The predicted octanol–water partition coefficient (Wildman–Crippen LogP) is 3.92. The van der Waals surface area contributed by atoms with Crippen molar-refractivity contribution in [3.63, 3.8) is 0 Å². The monoisotopic (exact) mass is 391 g/mol. The van der Waals surface area contributed by atoms with Gasteiger partial charge in [-0.25, -0.2) is 0 Å². The highest BCUT2D eigenvalue weighted by molar-refractivity contribution is 5.95. The molecule has 1 amide bonds. The molecule has 4 rings (SSSR count). The highest BCUT2D eigenvalue weighted by Crippen LogP contribution is 2.23. The van der Waals surface area contributed by atoms with E-state index in [9.17, 15) is 9.59 Å². The predicted molar refractivity (Wildman–Crippen MR) is 119 cm³/mol. The van der Waals surface area contributed by atoms with Crippen LogP contribution in [-0.4, -0.2) is 53.9 Å². The highest BCUT2D eigenvalue weighted by Gasteiger charge is 2.26. The molecule has 1 unspecified atom stereocenters. The van der Waals surface area contributed by atoms with Crippen LogP contribution in [0.3, 0.4) is 0 Å². The minimum Gasteiger partial charge on any atom is -0.337 e. The van der Waals surface area contributed by atoms with Crippen molar-refractivity contribution in [3.8, 4) is 11.3 Å². The molecule has 1 aromatic heterocycles. The van der Waals surface area contributed by atoms with Crippen LogP contribution in [0.15, 0.2) is 53.3 Å². The van der Waals surface area contributed by atoms with E-state index in [-0.39, 0.29) is 24.9 Å². The molecule has 5 heteroatoms. The van der Waals surface area contributed by atoms with Crippen LogP contribution in [0, 0.1) is 6.92 Å². The summed E-state index contributed by atoms with van der Waals surface area (Å²) in [4.78, 5) is 32.3. The van der Waals surface area contributed by atoms with Gasteiger partial charge in [0.05, 0.1) is 0 Å². The lowest BCUT2D eigenvalue weighted by Crippen LogP contribution is -2.38. The van der Waals surface area contributed by atoms with Crippen molar-refractivity contribution >= 4 is 16.7 Å². The molecule has 3 aromatic rings. The summed E-state index contributed by atoms with van der Waals surface area (Å²) in [7, 11) is 3.96. The summed E-state index contributed by atoms with van der Waals surface area (Å²) in [6.45, 7) is 3.94. The molecular formula is C24H29N3O2. The maximum absolute atomic E-state index is 12.8. The van der Waals surface area contributed by atoms with Crippen LogP contribution < -0.4 is 5.56 Å². The number of fused-ring (bicyclic) bond motifs is 1. The molecule has 1 aliphatic rings. The number of nitrogens with zero attached hydrogens (tertiary/aromatic N) is 2. The molecule has 2 heterocycles. The van der Waals surface area contributed by atoms with Crippen LogP contribution in [0.25, 0.3) is 22.0 Å². The first-order chi connectivity index (χ1) is 13.4. The zero-order valence-corrected chi connectivity index (χ0v) is 16.5. The number of aromatic nitrogens is 1. The standard InChI is InChI=1S/C23H25N3O2.CH4/c1-15-5-4-6-19-20(15)13-21(24-22(19)27)16-7-9-17(10-8-16)23(28)26(3)18-11-12-25(2)14-18;/h4-10,13,18H,11-12,14H2,1-3H3,(H,24,27);1H4. The van der Waals surface area contributed by atoms with Crippen LogP contribution in [0.1, 0.15) is 29.8 Å². The maximum Gasteiger partial charge on any atom is 0.256 e. The number of benzene rings is 2. The van der Waals surface area contributed by atoms with Crippen molar-refractivity contribution < 1.29 is 4.79 Å². The normalized spacial score (nSPS) is 16.6. The Balaban J connectivity index is 0.00000240. The van der Waals surface area contributed by atoms with Crippen molar-refractivity contribution in [1.82, 2.24) is 14.8 Å². The third-order valence-electron chi connectivity index (χ3n) is 5.78. The van der Waals surface area contributed by atoms with Crippen LogP contribution in [0.5, 0.6) is 0 Å². The second-order valence-corrected chi connectivity index (χ2v) is 7.75. The molecule has 0 radical (unpaired) electrons. The Hall–Kier alpha value is -2.92. The molecule has 2 aromatic carbocycles. The van der Waals surface area contributed by atoms with Gasteiger partial charge in [-0.3, -0.25) is 9.59 Å². The summed E-state index contributed by atoms with van der Waals surface area (Å²) >= 11 is 0. The van der Waals surface area contributed by atoms with Crippen molar-refractivity contribution in [1.29, 1.82) is 0 Å². The van der Waals surface area contributed by atoms with E-state index in [1.165, 1.54) is 0 Å². The van der Waals surface area contributed by atoms with Crippen molar-refractivity contribution in [2.24, 2.45) is 0 Å². The maximum atomic E-state index is 12.8. The van der Waals surface area contributed by atoms with Gasteiger partial charge in [-0.2, -0.15) is 0 Å². The van der Waals surface area contributed by atoms with Crippen molar-refractivity contribution in [3.05, 3.63) is 70.0 Å². The van der Waals surface area contributed by atoms with E-state index < -0.39 is 0 Å². The van der Waals surface area contributed by atoms with Crippen molar-refractivity contribution in [2.75, 3.05) is 27.2 Å². The quantitative estimate of drug-likeness (QED) is 0.736. The number of H-pyrrole nitrogens is 1. The van der Waals surface area contributed by atoms with Gasteiger partial charge in [0, 0.05) is 36.3 Å². The lowest BCUT2D eigenvalue weighted by molar-refractivity contribution is 0.0737. The fourth-order valence-corrected chi connectivity index (χ4v) is 3.99. The summed E-state index contributed by atoms with van der Waals surface area (Å²) in [5, 5.41) is 1.64. The molecule has 0 aliphatic carbocycles.